The molecule has 0 aliphatic carbocycles. The quantitative estimate of drug-likeness (QED) is 0.258. The van der Waals surface area contributed by atoms with Gasteiger partial charge in [-0.1, -0.05) is 17.8 Å². The van der Waals surface area contributed by atoms with Gasteiger partial charge in [-0.25, -0.2) is 0 Å². The van der Waals surface area contributed by atoms with Crippen molar-refractivity contribution < 1.29 is 19.2 Å². The second-order valence-electron chi connectivity index (χ2n) is 7.38. The zero-order valence-corrected chi connectivity index (χ0v) is 19.5. The Balaban J connectivity index is 1.66. The molecule has 0 saturated carbocycles. The van der Waals surface area contributed by atoms with Crippen molar-refractivity contribution in [1.82, 2.24) is 14.8 Å². The van der Waals surface area contributed by atoms with Gasteiger partial charge in [-0.3, -0.25) is 14.9 Å². The molecule has 0 bridgehead atoms. The van der Waals surface area contributed by atoms with E-state index in [1.165, 1.54) is 36.0 Å². The Morgan fingerprint density at radius 2 is 1.85 bits per heavy atom. The first-order valence-electron chi connectivity index (χ1n) is 10.2. The van der Waals surface area contributed by atoms with Crippen LogP contribution in [0.25, 0.3) is 0 Å². The molecule has 1 amide bonds. The minimum atomic E-state index is -0.489. The molecule has 11 heteroatoms. The molecule has 174 valence electrons. The number of ether oxygens (including phenoxy) is 2. The zero-order valence-electron chi connectivity index (χ0n) is 18.7. The molecule has 1 N–H and O–H groups in total. The first kappa shape index (κ1) is 24.1. The van der Waals surface area contributed by atoms with Gasteiger partial charge < -0.3 is 19.4 Å². The molecule has 0 aliphatic rings. The van der Waals surface area contributed by atoms with Crippen LogP contribution in [0.3, 0.4) is 0 Å². The number of nitro benzene ring substituents is 1. The summed E-state index contributed by atoms with van der Waals surface area (Å²) in [7, 11) is 1.60. The highest BCUT2D eigenvalue weighted by Crippen LogP contribution is 2.29. The van der Waals surface area contributed by atoms with Crippen molar-refractivity contribution in [2.45, 2.75) is 38.1 Å². The van der Waals surface area contributed by atoms with Gasteiger partial charge in [0.25, 0.3) is 5.69 Å². The van der Waals surface area contributed by atoms with Crippen LogP contribution in [0.15, 0.2) is 53.7 Å². The number of hydrogen-bond acceptors (Lipinski definition) is 8. The molecule has 0 aliphatic heterocycles. The first-order chi connectivity index (χ1) is 15.8. The number of benzene rings is 2. The maximum Gasteiger partial charge on any atom is 0.269 e. The van der Waals surface area contributed by atoms with Crippen LogP contribution in [0.4, 0.5) is 11.4 Å². The van der Waals surface area contributed by atoms with E-state index in [0.717, 1.165) is 0 Å². The van der Waals surface area contributed by atoms with E-state index < -0.39 is 4.92 Å². The molecule has 1 heterocycles. The van der Waals surface area contributed by atoms with Crippen molar-refractivity contribution in [3.63, 3.8) is 0 Å². The number of methoxy groups -OCH3 is 1. The molecule has 0 fully saturated rings. The summed E-state index contributed by atoms with van der Waals surface area (Å²) in [5.41, 5.74) is 0.447. The lowest BCUT2D eigenvalue weighted by molar-refractivity contribution is -0.384. The molecule has 1 atom stereocenters. The summed E-state index contributed by atoms with van der Waals surface area (Å²) in [4.78, 5) is 22.6. The summed E-state index contributed by atoms with van der Waals surface area (Å²) >= 11 is 1.25. The first-order valence-corrected chi connectivity index (χ1v) is 11.2. The minimum Gasteiger partial charge on any atom is -0.497 e. The molecule has 10 nitrogen and oxygen atoms in total. The van der Waals surface area contributed by atoms with Gasteiger partial charge in [-0.2, -0.15) is 0 Å². The lowest BCUT2D eigenvalue weighted by Gasteiger charge is -2.19. The highest BCUT2D eigenvalue weighted by Gasteiger charge is 2.22. The molecule has 3 aromatic rings. The third-order valence-electron chi connectivity index (χ3n) is 4.62. The predicted molar refractivity (Wildman–Crippen MR) is 125 cm³/mol. The predicted octanol–water partition coefficient (Wildman–Crippen LogP) is 4.65. The van der Waals surface area contributed by atoms with E-state index in [1.54, 1.807) is 13.2 Å². The molecule has 2 aromatic carbocycles. The van der Waals surface area contributed by atoms with Crippen LogP contribution in [0.1, 0.15) is 38.7 Å². The number of nitrogens with zero attached hydrogens (tertiary/aromatic N) is 4. The highest BCUT2D eigenvalue weighted by atomic mass is 32.2. The average molecular weight is 472 g/mol. The SMILES string of the molecule is COc1cccc(OC(C)c2nnc(SCC(=O)Nc3ccc([N+](=O)[O-])cc3)n2C(C)C)c1. The van der Waals surface area contributed by atoms with Gasteiger partial charge in [0.2, 0.25) is 5.91 Å². The minimum absolute atomic E-state index is 0.0368. The topological polar surface area (TPSA) is 121 Å². The fourth-order valence-corrected chi connectivity index (χ4v) is 3.95. The molecule has 1 aromatic heterocycles. The molecular formula is C22H25N5O5S. The number of hydrogen-bond donors (Lipinski definition) is 1. The number of nitrogens with one attached hydrogen (secondary N) is 1. The van der Waals surface area contributed by atoms with E-state index in [-0.39, 0.29) is 29.5 Å². The van der Waals surface area contributed by atoms with Crippen molar-refractivity contribution >= 4 is 29.0 Å². The summed E-state index contributed by atoms with van der Waals surface area (Å²) in [6, 6.07) is 13.0. The van der Waals surface area contributed by atoms with Gasteiger partial charge >= 0.3 is 0 Å². The van der Waals surface area contributed by atoms with Crippen LogP contribution in [-0.4, -0.2) is 38.5 Å². The van der Waals surface area contributed by atoms with E-state index in [4.69, 9.17) is 9.47 Å². The Morgan fingerprint density at radius 3 is 2.48 bits per heavy atom. The number of amides is 1. The molecule has 1 unspecified atom stereocenters. The lowest BCUT2D eigenvalue weighted by atomic mass is 10.3. The van der Waals surface area contributed by atoms with Crippen molar-refractivity contribution in [2.75, 3.05) is 18.2 Å². The van der Waals surface area contributed by atoms with Gasteiger partial charge in [-0.05, 0) is 45.0 Å². The number of anilines is 1. The van der Waals surface area contributed by atoms with Crippen LogP contribution in [0.2, 0.25) is 0 Å². The summed E-state index contributed by atoms with van der Waals surface area (Å²) in [6.45, 7) is 5.90. The second kappa shape index (κ2) is 10.8. The Bertz CT molecular complexity index is 1120. The Kier molecular flexibility index (Phi) is 7.88. The standard InChI is InChI=1S/C22H25N5O5S/c1-14(2)26-21(15(3)32-19-7-5-6-18(12-19)31-4)24-25-22(26)33-13-20(28)23-16-8-10-17(11-9-16)27(29)30/h5-12,14-15H,13H2,1-4H3,(H,23,28). The van der Waals surface area contributed by atoms with E-state index >= 15 is 0 Å². The molecule has 33 heavy (non-hydrogen) atoms. The monoisotopic (exact) mass is 471 g/mol. The maximum absolute atomic E-state index is 12.4. The van der Waals surface area contributed by atoms with Crippen LogP contribution in [-0.2, 0) is 4.79 Å². The van der Waals surface area contributed by atoms with Gasteiger partial charge in [0.1, 0.15) is 11.5 Å². The molecule has 0 radical (unpaired) electrons. The van der Waals surface area contributed by atoms with Crippen molar-refractivity contribution in [1.29, 1.82) is 0 Å². The zero-order chi connectivity index (χ0) is 24.0. The van der Waals surface area contributed by atoms with E-state index in [9.17, 15) is 14.9 Å². The summed E-state index contributed by atoms with van der Waals surface area (Å²) in [5, 5.41) is 22.6. The van der Waals surface area contributed by atoms with Crippen molar-refractivity contribution in [2.24, 2.45) is 0 Å². The van der Waals surface area contributed by atoms with Crippen LogP contribution >= 0.6 is 11.8 Å². The van der Waals surface area contributed by atoms with E-state index in [2.05, 4.69) is 15.5 Å². The van der Waals surface area contributed by atoms with Crippen LogP contribution < -0.4 is 14.8 Å². The number of rotatable bonds is 10. The number of thioether (sulfide) groups is 1. The molecule has 0 saturated heterocycles. The summed E-state index contributed by atoms with van der Waals surface area (Å²) < 4.78 is 13.2. The third-order valence-corrected chi connectivity index (χ3v) is 5.56. The maximum atomic E-state index is 12.4. The Morgan fingerprint density at radius 1 is 1.15 bits per heavy atom. The number of nitro groups is 1. The summed E-state index contributed by atoms with van der Waals surface area (Å²) in [5.74, 6) is 1.84. The Labute approximate surface area is 195 Å². The van der Waals surface area contributed by atoms with Crippen LogP contribution in [0, 0.1) is 10.1 Å². The van der Waals surface area contributed by atoms with E-state index in [0.29, 0.717) is 28.2 Å². The van der Waals surface area contributed by atoms with Gasteiger partial charge in [0.15, 0.2) is 17.1 Å². The number of aromatic nitrogens is 3. The average Bonchev–Trinajstić information content (AvgIpc) is 3.23. The fourth-order valence-electron chi connectivity index (χ4n) is 3.07. The highest BCUT2D eigenvalue weighted by molar-refractivity contribution is 7.99. The number of non-ortho nitro benzene ring substituents is 1. The van der Waals surface area contributed by atoms with Crippen molar-refractivity contribution in [3.8, 4) is 11.5 Å². The number of carbonyl (C=O) groups excluding carboxylic acids is 1. The van der Waals surface area contributed by atoms with E-state index in [1.807, 2.05) is 43.5 Å². The smallest absolute Gasteiger partial charge is 0.269 e. The van der Waals surface area contributed by atoms with Crippen molar-refractivity contribution in [3.05, 3.63) is 64.5 Å². The van der Waals surface area contributed by atoms with Gasteiger partial charge in [0, 0.05) is 29.9 Å². The van der Waals surface area contributed by atoms with Gasteiger partial charge in [0.05, 0.1) is 17.8 Å². The largest absolute Gasteiger partial charge is 0.497 e. The fraction of sp³-hybridized carbons (Fsp3) is 0.318. The lowest BCUT2D eigenvalue weighted by Crippen LogP contribution is -2.16. The summed E-state index contributed by atoms with van der Waals surface area (Å²) in [6.07, 6.45) is -0.379. The Hall–Kier alpha value is -3.60. The molecule has 3 rings (SSSR count). The molecular weight excluding hydrogens is 446 g/mol. The van der Waals surface area contributed by atoms with Gasteiger partial charge in [-0.15, -0.1) is 10.2 Å². The third kappa shape index (κ3) is 6.22. The molecule has 0 spiro atoms. The van der Waals surface area contributed by atoms with Crippen LogP contribution in [0.5, 0.6) is 11.5 Å². The normalized spacial score (nSPS) is 11.8. The number of carbonyl (C=O) groups is 1. The second-order valence-corrected chi connectivity index (χ2v) is 8.33.